The molecule has 0 heterocycles. The van der Waals surface area contributed by atoms with Gasteiger partial charge in [0.1, 0.15) is 11.6 Å². The minimum Gasteiger partial charge on any atom is -0.466 e. The van der Waals surface area contributed by atoms with Gasteiger partial charge in [-0.15, -0.1) is 0 Å². The molecule has 0 radical (unpaired) electrons. The molecule has 0 aromatic rings. The third-order valence-corrected chi connectivity index (χ3v) is 4.11. The van der Waals surface area contributed by atoms with Gasteiger partial charge in [0.2, 0.25) is 5.91 Å². The quantitative estimate of drug-likeness (QED) is 0.0876. The topological polar surface area (TPSA) is 147 Å². The predicted molar refractivity (Wildman–Crippen MR) is 120 cm³/mol. The summed E-state index contributed by atoms with van der Waals surface area (Å²) in [6.45, 7) is 10.8. The molecule has 188 valence electrons. The van der Waals surface area contributed by atoms with Gasteiger partial charge in [0.05, 0.1) is 19.6 Å². The summed E-state index contributed by atoms with van der Waals surface area (Å²) >= 11 is 0. The van der Waals surface area contributed by atoms with Gasteiger partial charge in [0.15, 0.2) is 0 Å². The monoisotopic (exact) mass is 462 g/mol. The third kappa shape index (κ3) is 20.0. The zero-order chi connectivity index (χ0) is 24.2. The van der Waals surface area contributed by atoms with E-state index < -0.39 is 23.6 Å². The second-order valence-corrected chi connectivity index (χ2v) is 8.38. The summed E-state index contributed by atoms with van der Waals surface area (Å²) < 4.78 is 10.3. The van der Waals surface area contributed by atoms with E-state index in [0.29, 0.717) is 13.2 Å². The fraction of sp³-hybridized carbons (Fsp3) is 0.857. The fourth-order valence-corrected chi connectivity index (χ4v) is 2.50. The summed E-state index contributed by atoms with van der Waals surface area (Å²) in [7, 11) is 0. The van der Waals surface area contributed by atoms with E-state index in [4.69, 9.17) is 14.7 Å². The zero-order valence-corrected chi connectivity index (χ0v) is 20.0. The van der Waals surface area contributed by atoms with Gasteiger partial charge in [-0.3, -0.25) is 14.8 Å². The van der Waals surface area contributed by atoms with Crippen molar-refractivity contribution in [2.24, 2.45) is 0 Å². The Balaban J connectivity index is 3.56. The Hall–Kier alpha value is -1.95. The van der Waals surface area contributed by atoms with Gasteiger partial charge >= 0.3 is 12.1 Å². The molecule has 32 heavy (non-hydrogen) atoms. The Morgan fingerprint density at radius 2 is 1.53 bits per heavy atom. The summed E-state index contributed by atoms with van der Waals surface area (Å²) in [4.78, 5) is 39.3. The van der Waals surface area contributed by atoms with E-state index in [-0.39, 0.29) is 25.5 Å². The number of carbonyl (C=O) groups excluding carboxylic acids is 3. The lowest BCUT2D eigenvalue weighted by Crippen LogP contribution is -2.46. The Morgan fingerprint density at radius 1 is 0.875 bits per heavy atom. The molecular weight excluding hydrogens is 420 g/mol. The van der Waals surface area contributed by atoms with Crippen LogP contribution >= 0.6 is 0 Å². The second-order valence-electron chi connectivity index (χ2n) is 8.38. The summed E-state index contributed by atoms with van der Waals surface area (Å²) in [5.74, 6) is -0.758. The lowest BCUT2D eigenvalue weighted by Gasteiger charge is -2.21. The number of amides is 2. The maximum atomic E-state index is 12.0. The third-order valence-electron chi connectivity index (χ3n) is 4.11. The SMILES string of the molecule is C[C@H](NC(=O)OC(C)(C)C)C(=O)NCCC(=O)OCCCCCCNCCNCCOO. The molecule has 5 N–H and O–H groups in total. The van der Waals surface area contributed by atoms with Gasteiger partial charge in [-0.25, -0.2) is 9.68 Å². The lowest BCUT2D eigenvalue weighted by atomic mass is 10.2. The molecule has 0 rings (SSSR count). The molecule has 0 aliphatic heterocycles. The van der Waals surface area contributed by atoms with Crippen LogP contribution in [0.15, 0.2) is 0 Å². The van der Waals surface area contributed by atoms with Crippen molar-refractivity contribution in [3.05, 3.63) is 0 Å². The van der Waals surface area contributed by atoms with E-state index in [1.54, 1.807) is 27.7 Å². The molecule has 0 aromatic heterocycles. The number of rotatable bonds is 18. The molecule has 0 fully saturated rings. The normalized spacial score (nSPS) is 12.2. The van der Waals surface area contributed by atoms with E-state index in [1.807, 2.05) is 0 Å². The predicted octanol–water partition coefficient (Wildman–Crippen LogP) is 1.18. The van der Waals surface area contributed by atoms with Crippen LogP contribution in [0.5, 0.6) is 0 Å². The van der Waals surface area contributed by atoms with Crippen molar-refractivity contribution in [3.63, 3.8) is 0 Å². The lowest BCUT2D eigenvalue weighted by molar-refractivity contribution is -0.240. The van der Waals surface area contributed by atoms with Gasteiger partial charge in [-0.1, -0.05) is 12.8 Å². The number of hydrogen-bond donors (Lipinski definition) is 5. The van der Waals surface area contributed by atoms with E-state index in [2.05, 4.69) is 26.2 Å². The Bertz CT molecular complexity index is 527. The molecule has 0 aromatic carbocycles. The highest BCUT2D eigenvalue weighted by atomic mass is 17.1. The second kappa shape index (κ2) is 18.6. The highest BCUT2D eigenvalue weighted by Gasteiger charge is 2.20. The van der Waals surface area contributed by atoms with Crippen molar-refractivity contribution in [1.29, 1.82) is 0 Å². The molecule has 0 saturated heterocycles. The first kappa shape index (κ1) is 30.0. The van der Waals surface area contributed by atoms with Crippen molar-refractivity contribution < 1.29 is 34.0 Å². The molecule has 0 saturated carbocycles. The van der Waals surface area contributed by atoms with E-state index in [1.165, 1.54) is 0 Å². The first-order chi connectivity index (χ1) is 15.2. The molecule has 0 spiro atoms. The molecule has 1 atom stereocenters. The zero-order valence-electron chi connectivity index (χ0n) is 20.0. The van der Waals surface area contributed by atoms with Crippen molar-refractivity contribution in [1.82, 2.24) is 21.3 Å². The molecule has 0 aliphatic rings. The molecule has 11 heteroatoms. The average Bonchev–Trinajstić information content (AvgIpc) is 2.69. The number of unbranched alkanes of at least 4 members (excludes halogenated alkanes) is 3. The molecule has 11 nitrogen and oxygen atoms in total. The number of hydrogen-bond acceptors (Lipinski definition) is 9. The minimum atomic E-state index is -0.771. The van der Waals surface area contributed by atoms with Crippen molar-refractivity contribution >= 4 is 18.0 Å². The summed E-state index contributed by atoms with van der Waals surface area (Å²) in [5.41, 5.74) is -0.643. The van der Waals surface area contributed by atoms with Crippen LogP contribution in [0.2, 0.25) is 0 Å². The first-order valence-electron chi connectivity index (χ1n) is 11.3. The Labute approximate surface area is 191 Å². The van der Waals surface area contributed by atoms with Crippen LogP contribution in [0.3, 0.4) is 0 Å². The van der Waals surface area contributed by atoms with E-state index in [9.17, 15) is 14.4 Å². The van der Waals surface area contributed by atoms with Crippen LogP contribution in [-0.4, -0.2) is 80.8 Å². The van der Waals surface area contributed by atoms with Crippen LogP contribution in [0.1, 0.15) is 59.8 Å². The van der Waals surface area contributed by atoms with Crippen LogP contribution in [0.25, 0.3) is 0 Å². The maximum absolute atomic E-state index is 12.0. The fourth-order valence-electron chi connectivity index (χ4n) is 2.50. The van der Waals surface area contributed by atoms with E-state index in [0.717, 1.165) is 45.3 Å². The number of alkyl carbamates (subject to hydrolysis) is 1. The smallest absolute Gasteiger partial charge is 0.408 e. The maximum Gasteiger partial charge on any atom is 0.408 e. The standard InChI is InChI=1S/C21H42N4O7/c1-17(25-20(28)32-21(2,3)4)19(27)24-11-9-18(26)30-15-8-6-5-7-10-22-12-13-23-14-16-31-29/h17,22-23,29H,5-16H2,1-4H3,(H,24,27)(H,25,28)/t17-/m0/s1. The van der Waals surface area contributed by atoms with Gasteiger partial charge in [0.25, 0.3) is 0 Å². The van der Waals surface area contributed by atoms with Gasteiger partial charge in [0, 0.05) is 26.2 Å². The van der Waals surface area contributed by atoms with Crippen LogP contribution in [0.4, 0.5) is 4.79 Å². The van der Waals surface area contributed by atoms with Gasteiger partial charge < -0.3 is 30.7 Å². The highest BCUT2D eigenvalue weighted by molar-refractivity contribution is 5.85. The summed E-state index contributed by atoms with van der Waals surface area (Å²) in [5, 5.41) is 19.6. The molecule has 0 bridgehead atoms. The molecular formula is C21H42N4O7. The van der Waals surface area contributed by atoms with Crippen molar-refractivity contribution in [2.75, 3.05) is 45.9 Å². The van der Waals surface area contributed by atoms with Crippen molar-refractivity contribution in [2.45, 2.75) is 71.4 Å². The number of ether oxygens (including phenoxy) is 2. The first-order valence-corrected chi connectivity index (χ1v) is 11.3. The summed E-state index contributed by atoms with van der Waals surface area (Å²) in [6.07, 6.45) is 3.29. The minimum absolute atomic E-state index is 0.0767. The molecule has 0 aliphatic carbocycles. The molecule has 2 amide bonds. The number of nitrogens with one attached hydrogen (secondary N) is 4. The Kier molecular flexibility index (Phi) is 17.5. The number of carbonyl (C=O) groups is 3. The van der Waals surface area contributed by atoms with Crippen LogP contribution in [-0.2, 0) is 24.0 Å². The van der Waals surface area contributed by atoms with Crippen molar-refractivity contribution in [3.8, 4) is 0 Å². The average molecular weight is 463 g/mol. The summed E-state index contributed by atoms with van der Waals surface area (Å²) in [6, 6.07) is -0.771. The largest absolute Gasteiger partial charge is 0.466 e. The van der Waals surface area contributed by atoms with Crippen LogP contribution < -0.4 is 21.3 Å². The van der Waals surface area contributed by atoms with E-state index >= 15 is 0 Å². The highest BCUT2D eigenvalue weighted by Crippen LogP contribution is 2.06. The van der Waals surface area contributed by atoms with Gasteiger partial charge in [-0.2, -0.15) is 0 Å². The van der Waals surface area contributed by atoms with Gasteiger partial charge in [-0.05, 0) is 47.1 Å². The Morgan fingerprint density at radius 3 is 2.19 bits per heavy atom. The number of esters is 1. The van der Waals surface area contributed by atoms with Crippen LogP contribution in [0, 0.1) is 0 Å². The molecule has 0 unspecified atom stereocenters.